The van der Waals surface area contributed by atoms with Gasteiger partial charge in [0, 0.05) is 30.9 Å². The van der Waals surface area contributed by atoms with Crippen molar-refractivity contribution in [3.05, 3.63) is 97.1 Å². The molecule has 0 unspecified atom stereocenters. The summed E-state index contributed by atoms with van der Waals surface area (Å²) in [4.78, 5) is 5.10. The summed E-state index contributed by atoms with van der Waals surface area (Å²) in [6.45, 7) is 0. The fourth-order valence-corrected chi connectivity index (χ4v) is 6.39. The van der Waals surface area contributed by atoms with Crippen molar-refractivity contribution >= 4 is 80.6 Å². The number of hydrogen-bond acceptors (Lipinski definition) is 2. The van der Waals surface area contributed by atoms with Crippen LogP contribution in [-0.2, 0) is 0 Å². The Morgan fingerprint density at radius 3 is 2.19 bits per heavy atom. The predicted octanol–water partition coefficient (Wildman–Crippen LogP) is 8.31. The molecule has 0 radical (unpaired) electrons. The third-order valence-corrected chi connectivity index (χ3v) is 7.85. The van der Waals surface area contributed by atoms with Gasteiger partial charge in [-0.05, 0) is 58.6 Å². The summed E-state index contributed by atoms with van der Waals surface area (Å²) in [7, 11) is 0. The van der Waals surface area contributed by atoms with Crippen LogP contribution in [0.2, 0.25) is 0 Å². The largest absolute Gasteiger partial charge is 0.292 e. The molecular weight excluding hydrogens is 408 g/mol. The van der Waals surface area contributed by atoms with Crippen molar-refractivity contribution in [1.29, 1.82) is 0 Å². The van der Waals surface area contributed by atoms with Crippen molar-refractivity contribution in [3.8, 4) is 0 Å². The highest BCUT2D eigenvalue weighted by Crippen LogP contribution is 2.40. The van der Waals surface area contributed by atoms with Crippen LogP contribution in [0, 0.1) is 0 Å². The number of fused-ring (bicyclic) bond motifs is 12. The topological polar surface area (TPSA) is 17.3 Å². The average molecular weight is 425 g/mol. The molecule has 3 heteroatoms. The monoisotopic (exact) mass is 424 g/mol. The first-order valence-corrected chi connectivity index (χ1v) is 11.6. The zero-order chi connectivity index (χ0) is 20.8. The molecule has 0 amide bonds. The summed E-state index contributed by atoms with van der Waals surface area (Å²) in [6.07, 6.45) is 0. The molecule has 3 heterocycles. The molecule has 0 N–H and O–H groups in total. The highest BCUT2D eigenvalue weighted by molar-refractivity contribution is 7.25. The molecule has 3 aromatic heterocycles. The molecule has 148 valence electrons. The van der Waals surface area contributed by atoms with E-state index >= 15 is 0 Å². The Labute approximate surface area is 186 Å². The lowest BCUT2D eigenvalue weighted by molar-refractivity contribution is 1.32. The van der Waals surface area contributed by atoms with Crippen LogP contribution in [0.15, 0.2) is 97.1 Å². The molecule has 0 aliphatic carbocycles. The van der Waals surface area contributed by atoms with E-state index in [1.807, 2.05) is 11.3 Å². The van der Waals surface area contributed by atoms with E-state index in [0.717, 1.165) is 16.7 Å². The third kappa shape index (κ3) is 2.06. The zero-order valence-corrected chi connectivity index (χ0v) is 17.9. The standard InChI is InChI=1S/C29H16N2S/c1-2-8-18-14-23-20(13-17(18)7-1)21-16-28-22(19-9-3-6-12-27(19)32-28)15-26(21)31-25-11-5-4-10-24(25)30-29(23)31/h1-16H. The van der Waals surface area contributed by atoms with Gasteiger partial charge < -0.3 is 0 Å². The number of aromatic nitrogens is 2. The summed E-state index contributed by atoms with van der Waals surface area (Å²) in [6, 6.07) is 35.2. The quantitative estimate of drug-likeness (QED) is 0.177. The fourth-order valence-electron chi connectivity index (χ4n) is 5.26. The number of nitrogens with zero attached hydrogens (tertiary/aromatic N) is 2. The van der Waals surface area contributed by atoms with Crippen LogP contribution >= 0.6 is 11.3 Å². The van der Waals surface area contributed by atoms with Crippen LogP contribution in [0.3, 0.4) is 0 Å². The minimum atomic E-state index is 1.03. The lowest BCUT2D eigenvalue weighted by Crippen LogP contribution is -1.92. The summed E-state index contributed by atoms with van der Waals surface area (Å²) in [5.41, 5.74) is 4.43. The molecular formula is C29H16N2S. The van der Waals surface area contributed by atoms with Gasteiger partial charge in [-0.25, -0.2) is 4.98 Å². The zero-order valence-electron chi connectivity index (χ0n) is 17.0. The van der Waals surface area contributed by atoms with Gasteiger partial charge in [0.05, 0.1) is 16.6 Å². The molecule has 5 aromatic carbocycles. The number of benzene rings is 5. The number of para-hydroxylation sites is 2. The molecule has 0 atom stereocenters. The number of thiophene rings is 1. The van der Waals surface area contributed by atoms with Crippen molar-refractivity contribution < 1.29 is 0 Å². The Hall–Kier alpha value is -3.95. The molecule has 8 aromatic rings. The molecule has 0 saturated heterocycles. The Kier molecular flexibility index (Phi) is 3.05. The first-order valence-electron chi connectivity index (χ1n) is 10.8. The first kappa shape index (κ1) is 16.7. The second-order valence-electron chi connectivity index (χ2n) is 8.47. The van der Waals surface area contributed by atoms with Gasteiger partial charge in [0.1, 0.15) is 5.65 Å². The molecule has 0 fully saturated rings. The molecule has 2 nitrogen and oxygen atoms in total. The van der Waals surface area contributed by atoms with E-state index in [9.17, 15) is 0 Å². The molecule has 32 heavy (non-hydrogen) atoms. The summed E-state index contributed by atoms with van der Waals surface area (Å²) in [5, 5.41) is 8.89. The second kappa shape index (κ2) is 5.84. The molecule has 0 aliphatic heterocycles. The predicted molar refractivity (Wildman–Crippen MR) is 138 cm³/mol. The smallest absolute Gasteiger partial charge is 0.146 e. The summed E-state index contributed by atoms with van der Waals surface area (Å²) < 4.78 is 5.02. The van der Waals surface area contributed by atoms with Gasteiger partial charge in [0.2, 0.25) is 0 Å². The molecule has 0 spiro atoms. The van der Waals surface area contributed by atoms with Crippen LogP contribution in [0.25, 0.3) is 69.3 Å². The van der Waals surface area contributed by atoms with E-state index in [4.69, 9.17) is 4.98 Å². The number of imidazole rings is 1. The Balaban J connectivity index is 1.72. The van der Waals surface area contributed by atoms with Gasteiger partial charge in [-0.3, -0.25) is 4.40 Å². The fraction of sp³-hybridized carbons (Fsp3) is 0. The van der Waals surface area contributed by atoms with Gasteiger partial charge in [-0.1, -0.05) is 54.6 Å². The van der Waals surface area contributed by atoms with Crippen LogP contribution in [0.4, 0.5) is 0 Å². The van der Waals surface area contributed by atoms with E-state index in [1.54, 1.807) is 0 Å². The Bertz CT molecular complexity index is 2040. The van der Waals surface area contributed by atoms with Crippen LogP contribution in [0.5, 0.6) is 0 Å². The molecule has 8 rings (SSSR count). The van der Waals surface area contributed by atoms with Gasteiger partial charge in [-0.15, -0.1) is 11.3 Å². The second-order valence-corrected chi connectivity index (χ2v) is 9.55. The summed E-state index contributed by atoms with van der Waals surface area (Å²) >= 11 is 1.87. The third-order valence-electron chi connectivity index (χ3n) is 6.71. The first-order chi connectivity index (χ1) is 15.8. The van der Waals surface area contributed by atoms with Gasteiger partial charge in [0.25, 0.3) is 0 Å². The van der Waals surface area contributed by atoms with Gasteiger partial charge in [-0.2, -0.15) is 0 Å². The maximum Gasteiger partial charge on any atom is 0.146 e. The molecule has 0 saturated carbocycles. The van der Waals surface area contributed by atoms with Crippen LogP contribution < -0.4 is 0 Å². The van der Waals surface area contributed by atoms with E-state index in [-0.39, 0.29) is 0 Å². The van der Waals surface area contributed by atoms with Crippen LogP contribution in [0.1, 0.15) is 0 Å². The number of hydrogen-bond donors (Lipinski definition) is 0. The van der Waals surface area contributed by atoms with Crippen molar-refractivity contribution in [2.45, 2.75) is 0 Å². The van der Waals surface area contributed by atoms with Crippen molar-refractivity contribution in [3.63, 3.8) is 0 Å². The SMILES string of the molecule is c1ccc2cc3c(cc2c1)c1cc2sc4ccccc4c2cc1n1c2ccccc2nc31. The molecule has 0 aliphatic rings. The maximum absolute atomic E-state index is 5.10. The lowest BCUT2D eigenvalue weighted by atomic mass is 10.00. The van der Waals surface area contributed by atoms with E-state index in [1.165, 1.54) is 52.6 Å². The highest BCUT2D eigenvalue weighted by atomic mass is 32.1. The minimum Gasteiger partial charge on any atom is -0.292 e. The Morgan fingerprint density at radius 2 is 1.28 bits per heavy atom. The normalized spacial score (nSPS) is 12.4. The summed E-state index contributed by atoms with van der Waals surface area (Å²) in [5.74, 6) is 0. The molecule has 0 bridgehead atoms. The Morgan fingerprint density at radius 1 is 0.531 bits per heavy atom. The average Bonchev–Trinajstić information content (AvgIpc) is 3.40. The van der Waals surface area contributed by atoms with E-state index in [2.05, 4.69) is 101 Å². The maximum atomic E-state index is 5.10. The van der Waals surface area contributed by atoms with E-state index < -0.39 is 0 Å². The lowest BCUT2D eigenvalue weighted by Gasteiger charge is -2.11. The van der Waals surface area contributed by atoms with Crippen LogP contribution in [-0.4, -0.2) is 9.38 Å². The number of rotatable bonds is 0. The number of pyridine rings is 1. The van der Waals surface area contributed by atoms with Gasteiger partial charge in [0.15, 0.2) is 0 Å². The van der Waals surface area contributed by atoms with Crippen molar-refractivity contribution in [2.75, 3.05) is 0 Å². The van der Waals surface area contributed by atoms with E-state index in [0.29, 0.717) is 0 Å². The van der Waals surface area contributed by atoms with Crippen molar-refractivity contribution in [1.82, 2.24) is 9.38 Å². The van der Waals surface area contributed by atoms with Crippen molar-refractivity contribution in [2.24, 2.45) is 0 Å². The minimum absolute atomic E-state index is 1.03. The van der Waals surface area contributed by atoms with Gasteiger partial charge >= 0.3 is 0 Å². The highest BCUT2D eigenvalue weighted by Gasteiger charge is 2.16.